The molecule has 0 spiro atoms. The van der Waals surface area contributed by atoms with Crippen LogP contribution in [0.25, 0.3) is 6.08 Å². The van der Waals surface area contributed by atoms with Gasteiger partial charge in [-0.1, -0.05) is 29.8 Å². The number of primary amides is 1. The fourth-order valence-electron chi connectivity index (χ4n) is 2.26. The maximum absolute atomic E-state index is 13.1. The first kappa shape index (κ1) is 20.2. The molecule has 7 nitrogen and oxygen atoms in total. The molecule has 2 aromatic carbocycles. The van der Waals surface area contributed by atoms with E-state index in [2.05, 4.69) is 4.74 Å². The van der Waals surface area contributed by atoms with Crippen molar-refractivity contribution in [2.75, 3.05) is 18.0 Å². The number of esters is 1. The van der Waals surface area contributed by atoms with Crippen LogP contribution in [0.5, 0.6) is 0 Å². The molecule has 0 radical (unpaired) electrons. The molecule has 142 valence electrons. The van der Waals surface area contributed by atoms with Crippen molar-refractivity contribution in [2.24, 2.45) is 5.73 Å². The lowest BCUT2D eigenvalue weighted by Gasteiger charge is -2.23. The van der Waals surface area contributed by atoms with Crippen LogP contribution in [0.4, 0.5) is 5.69 Å². The second-order valence-corrected chi connectivity index (χ2v) is 7.59. The number of methoxy groups -OCH3 is 1. The molecule has 0 saturated carbocycles. The SMILES string of the molecule is COC(=O)CN(c1ccc(C)cc1)S(=O)(=O)c1ccc(C=CC(N)=O)cc1. The van der Waals surface area contributed by atoms with Gasteiger partial charge in [-0.3, -0.25) is 13.9 Å². The zero-order valence-electron chi connectivity index (χ0n) is 15.0. The van der Waals surface area contributed by atoms with E-state index in [4.69, 9.17) is 5.73 Å². The smallest absolute Gasteiger partial charge is 0.326 e. The van der Waals surface area contributed by atoms with E-state index in [1.165, 1.54) is 43.5 Å². The van der Waals surface area contributed by atoms with Crippen LogP contribution in [0.15, 0.2) is 59.5 Å². The van der Waals surface area contributed by atoms with Crippen molar-refractivity contribution in [3.63, 3.8) is 0 Å². The third-order valence-electron chi connectivity index (χ3n) is 3.73. The molecule has 0 aliphatic rings. The number of rotatable bonds is 7. The number of hydrogen-bond donors (Lipinski definition) is 1. The van der Waals surface area contributed by atoms with Crippen molar-refractivity contribution in [1.29, 1.82) is 0 Å². The Hall–Kier alpha value is -3.13. The van der Waals surface area contributed by atoms with Crippen molar-refractivity contribution < 1.29 is 22.7 Å². The van der Waals surface area contributed by atoms with E-state index < -0.39 is 28.4 Å². The highest BCUT2D eigenvalue weighted by Crippen LogP contribution is 2.24. The molecule has 0 heterocycles. The predicted molar refractivity (Wildman–Crippen MR) is 102 cm³/mol. The van der Waals surface area contributed by atoms with Gasteiger partial charge in [0.05, 0.1) is 17.7 Å². The van der Waals surface area contributed by atoms with Crippen molar-refractivity contribution in [2.45, 2.75) is 11.8 Å². The molecule has 0 fully saturated rings. The normalized spacial score (nSPS) is 11.3. The molecule has 0 aliphatic heterocycles. The first-order valence-electron chi connectivity index (χ1n) is 7.98. The van der Waals surface area contributed by atoms with E-state index in [1.54, 1.807) is 24.3 Å². The van der Waals surface area contributed by atoms with Gasteiger partial charge in [0.15, 0.2) is 0 Å². The molecule has 0 bridgehead atoms. The minimum Gasteiger partial charge on any atom is -0.468 e. The summed E-state index contributed by atoms with van der Waals surface area (Å²) >= 11 is 0. The van der Waals surface area contributed by atoms with E-state index in [0.717, 1.165) is 9.87 Å². The van der Waals surface area contributed by atoms with Crippen molar-refractivity contribution in [3.8, 4) is 0 Å². The third-order valence-corrected chi connectivity index (χ3v) is 5.52. The Balaban J connectivity index is 2.42. The van der Waals surface area contributed by atoms with Gasteiger partial charge in [-0.25, -0.2) is 8.42 Å². The third kappa shape index (κ3) is 5.18. The zero-order chi connectivity index (χ0) is 20.0. The van der Waals surface area contributed by atoms with Crippen LogP contribution in [0.3, 0.4) is 0 Å². The van der Waals surface area contributed by atoms with E-state index >= 15 is 0 Å². The van der Waals surface area contributed by atoms with Crippen molar-refractivity contribution >= 4 is 33.7 Å². The highest BCUT2D eigenvalue weighted by atomic mass is 32.2. The van der Waals surface area contributed by atoms with E-state index in [1.807, 2.05) is 6.92 Å². The summed E-state index contributed by atoms with van der Waals surface area (Å²) in [7, 11) is -2.81. The molecule has 1 amide bonds. The van der Waals surface area contributed by atoms with Gasteiger partial charge in [0.2, 0.25) is 5.91 Å². The van der Waals surface area contributed by atoms with Gasteiger partial charge < -0.3 is 10.5 Å². The summed E-state index contributed by atoms with van der Waals surface area (Å²) in [6.45, 7) is 1.42. The van der Waals surface area contributed by atoms with Crippen LogP contribution in [0.2, 0.25) is 0 Å². The second-order valence-electron chi connectivity index (χ2n) is 5.73. The van der Waals surface area contributed by atoms with Gasteiger partial charge in [0.1, 0.15) is 6.54 Å². The van der Waals surface area contributed by atoms with Crippen LogP contribution in [-0.4, -0.2) is 33.9 Å². The largest absolute Gasteiger partial charge is 0.468 e. The summed E-state index contributed by atoms with van der Waals surface area (Å²) in [5.74, 6) is -1.28. The maximum atomic E-state index is 13.1. The first-order chi connectivity index (χ1) is 12.7. The molecule has 0 atom stereocenters. The fraction of sp³-hybridized carbons (Fsp3) is 0.158. The summed E-state index contributed by atoms with van der Waals surface area (Å²) in [5, 5.41) is 0. The number of nitrogens with two attached hydrogens (primary N) is 1. The maximum Gasteiger partial charge on any atom is 0.326 e. The molecule has 27 heavy (non-hydrogen) atoms. The molecule has 0 aromatic heterocycles. The van der Waals surface area contributed by atoms with Gasteiger partial charge in [-0.2, -0.15) is 0 Å². The lowest BCUT2D eigenvalue weighted by Crippen LogP contribution is -2.36. The number of hydrogen-bond acceptors (Lipinski definition) is 5. The molecular formula is C19H20N2O5S. The summed E-state index contributed by atoms with van der Waals surface area (Å²) in [4.78, 5) is 22.6. The summed E-state index contributed by atoms with van der Waals surface area (Å²) in [5.41, 5.74) is 6.96. The van der Waals surface area contributed by atoms with Gasteiger partial charge in [0.25, 0.3) is 10.0 Å². The summed E-state index contributed by atoms with van der Waals surface area (Å²) in [6, 6.07) is 12.6. The monoisotopic (exact) mass is 388 g/mol. The first-order valence-corrected chi connectivity index (χ1v) is 9.42. The zero-order valence-corrected chi connectivity index (χ0v) is 15.8. The number of nitrogens with zero attached hydrogens (tertiary/aromatic N) is 1. The van der Waals surface area contributed by atoms with Gasteiger partial charge >= 0.3 is 5.97 Å². The summed E-state index contributed by atoms with van der Waals surface area (Å²) in [6.07, 6.45) is 2.66. The van der Waals surface area contributed by atoms with Gasteiger partial charge in [0, 0.05) is 6.08 Å². The molecule has 0 unspecified atom stereocenters. The number of amides is 1. The van der Waals surface area contributed by atoms with Crippen molar-refractivity contribution in [1.82, 2.24) is 0 Å². The standard InChI is InChI=1S/C19H20N2O5S/c1-14-3-8-16(9-4-14)21(13-19(23)26-2)27(24,25)17-10-5-15(6-11-17)7-12-18(20)22/h3-12H,13H2,1-2H3,(H2,20,22). The van der Waals surface area contributed by atoms with E-state index in [0.29, 0.717) is 11.3 Å². The molecule has 8 heteroatoms. The lowest BCUT2D eigenvalue weighted by atomic mass is 10.2. The lowest BCUT2D eigenvalue weighted by molar-refractivity contribution is -0.138. The van der Waals surface area contributed by atoms with Crippen LogP contribution in [0, 0.1) is 6.92 Å². The Kier molecular flexibility index (Phi) is 6.36. The highest BCUT2D eigenvalue weighted by Gasteiger charge is 2.27. The van der Waals surface area contributed by atoms with Crippen LogP contribution < -0.4 is 10.0 Å². The fourth-order valence-corrected chi connectivity index (χ4v) is 3.67. The number of ether oxygens (including phenoxy) is 1. The minimum atomic E-state index is -4.00. The Morgan fingerprint density at radius 3 is 2.19 bits per heavy atom. The highest BCUT2D eigenvalue weighted by molar-refractivity contribution is 7.92. The molecule has 2 N–H and O–H groups in total. The quantitative estimate of drug-likeness (QED) is 0.575. The topological polar surface area (TPSA) is 107 Å². The van der Waals surface area contributed by atoms with Crippen molar-refractivity contribution in [3.05, 3.63) is 65.7 Å². The second kappa shape index (κ2) is 8.50. The molecule has 2 aromatic rings. The average Bonchev–Trinajstić information content (AvgIpc) is 2.65. The van der Waals surface area contributed by atoms with Crippen LogP contribution in [-0.2, 0) is 24.3 Å². The van der Waals surface area contributed by atoms with Crippen LogP contribution >= 0.6 is 0 Å². The van der Waals surface area contributed by atoms with E-state index in [-0.39, 0.29) is 4.90 Å². The Morgan fingerprint density at radius 2 is 1.67 bits per heavy atom. The number of carbonyl (C=O) groups excluding carboxylic acids is 2. The number of anilines is 1. The molecular weight excluding hydrogens is 368 g/mol. The number of sulfonamides is 1. The molecule has 0 saturated heterocycles. The Labute approximate surface area is 158 Å². The van der Waals surface area contributed by atoms with Gasteiger partial charge in [-0.15, -0.1) is 0 Å². The van der Waals surface area contributed by atoms with E-state index in [9.17, 15) is 18.0 Å². The minimum absolute atomic E-state index is 0.00297. The molecule has 2 rings (SSSR count). The predicted octanol–water partition coefficient (Wildman–Crippen LogP) is 1.86. The van der Waals surface area contributed by atoms with Crippen LogP contribution in [0.1, 0.15) is 11.1 Å². The summed E-state index contributed by atoms with van der Waals surface area (Å²) < 4.78 is 31.8. The number of benzene rings is 2. The van der Waals surface area contributed by atoms with Gasteiger partial charge in [-0.05, 0) is 42.8 Å². The Bertz CT molecular complexity index is 949. The average molecular weight is 388 g/mol. The number of aryl methyl sites for hydroxylation is 1. The Morgan fingerprint density at radius 1 is 1.07 bits per heavy atom. The molecule has 0 aliphatic carbocycles. The number of carbonyl (C=O) groups is 2.